The van der Waals surface area contributed by atoms with Crippen molar-refractivity contribution in [2.75, 3.05) is 6.54 Å². The fourth-order valence-electron chi connectivity index (χ4n) is 1.94. The molecule has 1 aromatic heterocycles. The third kappa shape index (κ3) is 3.02. The SMILES string of the molecule is NCCCC[C@@H](N)c1ccc2ccccc2n1. The molecule has 0 fully saturated rings. The van der Waals surface area contributed by atoms with E-state index in [1.165, 1.54) is 0 Å². The normalized spacial score (nSPS) is 12.8. The summed E-state index contributed by atoms with van der Waals surface area (Å²) in [4.78, 5) is 4.60. The molecule has 2 rings (SSSR count). The summed E-state index contributed by atoms with van der Waals surface area (Å²) in [7, 11) is 0. The third-order valence-electron chi connectivity index (χ3n) is 2.97. The molecule has 0 aliphatic heterocycles. The smallest absolute Gasteiger partial charge is 0.0706 e. The van der Waals surface area contributed by atoms with Crippen LogP contribution >= 0.6 is 0 Å². The van der Waals surface area contributed by atoms with E-state index >= 15 is 0 Å². The topological polar surface area (TPSA) is 64.9 Å². The Labute approximate surface area is 102 Å². The summed E-state index contributed by atoms with van der Waals surface area (Å²) in [6.45, 7) is 0.734. The van der Waals surface area contributed by atoms with Crippen molar-refractivity contribution in [3.8, 4) is 0 Å². The summed E-state index contributed by atoms with van der Waals surface area (Å²) >= 11 is 0. The van der Waals surface area contributed by atoms with Crippen LogP contribution in [0.1, 0.15) is 31.0 Å². The Balaban J connectivity index is 2.12. The summed E-state index contributed by atoms with van der Waals surface area (Å²) in [5, 5.41) is 1.16. The van der Waals surface area contributed by atoms with E-state index < -0.39 is 0 Å². The summed E-state index contributed by atoms with van der Waals surface area (Å²) in [5.41, 5.74) is 13.6. The van der Waals surface area contributed by atoms with E-state index in [4.69, 9.17) is 11.5 Å². The molecule has 0 aliphatic rings. The van der Waals surface area contributed by atoms with Gasteiger partial charge in [0.1, 0.15) is 0 Å². The Kier molecular flexibility index (Phi) is 4.07. The number of pyridine rings is 1. The van der Waals surface area contributed by atoms with Gasteiger partial charge in [0.25, 0.3) is 0 Å². The molecule has 3 nitrogen and oxygen atoms in total. The van der Waals surface area contributed by atoms with Crippen molar-refractivity contribution in [3.05, 3.63) is 42.1 Å². The number of hydrogen-bond acceptors (Lipinski definition) is 3. The highest BCUT2D eigenvalue weighted by Gasteiger charge is 2.07. The predicted molar refractivity (Wildman–Crippen MR) is 71.6 cm³/mol. The van der Waals surface area contributed by atoms with E-state index in [1.807, 2.05) is 24.3 Å². The van der Waals surface area contributed by atoms with Crippen LogP contribution in [0.3, 0.4) is 0 Å². The molecule has 0 radical (unpaired) electrons. The van der Waals surface area contributed by atoms with Crippen molar-refractivity contribution in [3.63, 3.8) is 0 Å². The molecule has 17 heavy (non-hydrogen) atoms. The molecule has 0 aliphatic carbocycles. The lowest BCUT2D eigenvalue weighted by Crippen LogP contribution is -2.12. The van der Waals surface area contributed by atoms with Crippen molar-refractivity contribution in [2.24, 2.45) is 11.5 Å². The molecule has 0 spiro atoms. The quantitative estimate of drug-likeness (QED) is 0.773. The minimum Gasteiger partial charge on any atom is -0.330 e. The maximum atomic E-state index is 6.12. The van der Waals surface area contributed by atoms with Gasteiger partial charge in [-0.25, -0.2) is 0 Å². The molecule has 0 saturated carbocycles. The average molecular weight is 229 g/mol. The molecular weight excluding hydrogens is 210 g/mol. The highest BCUT2D eigenvalue weighted by atomic mass is 14.8. The Hall–Kier alpha value is -1.45. The first-order chi connectivity index (χ1) is 8.31. The number of rotatable bonds is 5. The van der Waals surface area contributed by atoms with Crippen molar-refractivity contribution in [1.82, 2.24) is 4.98 Å². The number of fused-ring (bicyclic) bond motifs is 1. The second kappa shape index (κ2) is 5.75. The zero-order valence-corrected chi connectivity index (χ0v) is 9.97. The molecule has 1 aromatic carbocycles. The Bertz CT molecular complexity index is 482. The number of para-hydroxylation sites is 1. The molecule has 4 N–H and O–H groups in total. The number of unbranched alkanes of at least 4 members (excludes halogenated alkanes) is 1. The number of nitrogens with zero attached hydrogens (tertiary/aromatic N) is 1. The molecule has 0 bridgehead atoms. The Morgan fingerprint density at radius 2 is 1.88 bits per heavy atom. The zero-order chi connectivity index (χ0) is 12.1. The van der Waals surface area contributed by atoms with E-state index in [2.05, 4.69) is 17.1 Å². The first-order valence-corrected chi connectivity index (χ1v) is 6.12. The molecule has 1 heterocycles. The van der Waals surface area contributed by atoms with Crippen LogP contribution in [-0.4, -0.2) is 11.5 Å². The van der Waals surface area contributed by atoms with Gasteiger partial charge in [0.05, 0.1) is 11.2 Å². The van der Waals surface area contributed by atoms with Crippen LogP contribution in [0, 0.1) is 0 Å². The first kappa shape index (κ1) is 12.0. The lowest BCUT2D eigenvalue weighted by Gasteiger charge is -2.11. The van der Waals surface area contributed by atoms with Gasteiger partial charge in [0, 0.05) is 11.4 Å². The van der Waals surface area contributed by atoms with Crippen LogP contribution in [0.4, 0.5) is 0 Å². The molecular formula is C14H19N3. The summed E-state index contributed by atoms with van der Waals surface area (Å²) in [6.07, 6.45) is 3.04. The van der Waals surface area contributed by atoms with Crippen LogP contribution in [0.25, 0.3) is 10.9 Å². The zero-order valence-electron chi connectivity index (χ0n) is 9.97. The maximum Gasteiger partial charge on any atom is 0.0706 e. The van der Waals surface area contributed by atoms with Gasteiger partial charge in [-0.15, -0.1) is 0 Å². The molecule has 0 unspecified atom stereocenters. The Morgan fingerprint density at radius 1 is 1.06 bits per heavy atom. The van der Waals surface area contributed by atoms with Crippen molar-refractivity contribution >= 4 is 10.9 Å². The number of aromatic nitrogens is 1. The third-order valence-corrected chi connectivity index (χ3v) is 2.97. The lowest BCUT2D eigenvalue weighted by atomic mass is 10.1. The number of nitrogens with two attached hydrogens (primary N) is 2. The molecule has 0 saturated heterocycles. The highest BCUT2D eigenvalue weighted by molar-refractivity contribution is 5.78. The van der Waals surface area contributed by atoms with Crippen molar-refractivity contribution in [2.45, 2.75) is 25.3 Å². The molecule has 1 atom stereocenters. The summed E-state index contributed by atoms with van der Waals surface area (Å²) in [5.74, 6) is 0. The lowest BCUT2D eigenvalue weighted by molar-refractivity contribution is 0.581. The largest absolute Gasteiger partial charge is 0.330 e. The predicted octanol–water partition coefficient (Wildman–Crippen LogP) is 2.36. The van der Waals surface area contributed by atoms with E-state index in [1.54, 1.807) is 0 Å². The van der Waals surface area contributed by atoms with Crippen LogP contribution in [0.2, 0.25) is 0 Å². The standard InChI is InChI=1S/C14H19N3/c15-10-4-3-6-12(16)14-9-8-11-5-1-2-7-13(11)17-14/h1-2,5,7-9,12H,3-4,6,10,15-16H2/t12-/m1/s1. The van der Waals surface area contributed by atoms with Gasteiger partial charge in [-0.05, 0) is 31.5 Å². The van der Waals surface area contributed by atoms with E-state index in [0.29, 0.717) is 0 Å². The number of hydrogen-bond donors (Lipinski definition) is 2. The summed E-state index contributed by atoms with van der Waals surface area (Å²) in [6, 6.07) is 12.2. The van der Waals surface area contributed by atoms with Crippen LogP contribution in [-0.2, 0) is 0 Å². The van der Waals surface area contributed by atoms with E-state index in [0.717, 1.165) is 42.4 Å². The van der Waals surface area contributed by atoms with Crippen LogP contribution in [0.15, 0.2) is 36.4 Å². The van der Waals surface area contributed by atoms with Gasteiger partial charge in [0.15, 0.2) is 0 Å². The molecule has 0 amide bonds. The monoisotopic (exact) mass is 229 g/mol. The van der Waals surface area contributed by atoms with Gasteiger partial charge < -0.3 is 11.5 Å². The highest BCUT2D eigenvalue weighted by Crippen LogP contribution is 2.18. The van der Waals surface area contributed by atoms with E-state index in [-0.39, 0.29) is 6.04 Å². The van der Waals surface area contributed by atoms with Gasteiger partial charge in [-0.2, -0.15) is 0 Å². The van der Waals surface area contributed by atoms with E-state index in [9.17, 15) is 0 Å². The molecule has 90 valence electrons. The van der Waals surface area contributed by atoms with Crippen LogP contribution in [0.5, 0.6) is 0 Å². The fraction of sp³-hybridized carbons (Fsp3) is 0.357. The van der Waals surface area contributed by atoms with Crippen molar-refractivity contribution in [1.29, 1.82) is 0 Å². The second-order valence-corrected chi connectivity index (χ2v) is 4.32. The molecule has 2 aromatic rings. The first-order valence-electron chi connectivity index (χ1n) is 6.12. The fourth-order valence-corrected chi connectivity index (χ4v) is 1.94. The van der Waals surface area contributed by atoms with Crippen molar-refractivity contribution < 1.29 is 0 Å². The van der Waals surface area contributed by atoms with Gasteiger partial charge in [-0.1, -0.05) is 30.7 Å². The number of benzene rings is 1. The van der Waals surface area contributed by atoms with Crippen LogP contribution < -0.4 is 11.5 Å². The minimum absolute atomic E-state index is 0.0196. The van der Waals surface area contributed by atoms with Gasteiger partial charge in [-0.3, -0.25) is 4.98 Å². The average Bonchev–Trinajstić information content (AvgIpc) is 2.38. The maximum absolute atomic E-state index is 6.12. The second-order valence-electron chi connectivity index (χ2n) is 4.32. The summed E-state index contributed by atoms with van der Waals surface area (Å²) < 4.78 is 0. The van der Waals surface area contributed by atoms with Gasteiger partial charge >= 0.3 is 0 Å². The minimum atomic E-state index is 0.0196. The Morgan fingerprint density at radius 3 is 2.71 bits per heavy atom. The molecule has 3 heteroatoms. The van der Waals surface area contributed by atoms with Gasteiger partial charge in [0.2, 0.25) is 0 Å².